The summed E-state index contributed by atoms with van der Waals surface area (Å²) in [5, 5.41) is 6.38. The highest BCUT2D eigenvalue weighted by Gasteiger charge is 2.29. The van der Waals surface area contributed by atoms with E-state index in [1.54, 1.807) is 25.8 Å². The highest BCUT2D eigenvalue weighted by atomic mass is 79.9. The van der Waals surface area contributed by atoms with Gasteiger partial charge in [0.1, 0.15) is 0 Å². The number of rotatable bonds is 5. The minimum absolute atomic E-state index is 0.165. The molecule has 0 aliphatic carbocycles. The molecule has 4 N–H and O–H groups in total. The Kier molecular flexibility index (Phi) is 6.10. The maximum absolute atomic E-state index is 13.0. The maximum atomic E-state index is 13.0. The fraction of sp³-hybridized carbons (Fsp3) is 0.154. The van der Waals surface area contributed by atoms with Crippen molar-refractivity contribution in [2.24, 2.45) is 5.73 Å². The summed E-state index contributed by atoms with van der Waals surface area (Å²) in [6.07, 6.45) is 0. The fourth-order valence-electron chi connectivity index (χ4n) is 3.74. The van der Waals surface area contributed by atoms with E-state index >= 15 is 0 Å². The van der Waals surface area contributed by atoms with Crippen molar-refractivity contribution in [3.63, 3.8) is 0 Å². The van der Waals surface area contributed by atoms with Crippen LogP contribution in [0.25, 0.3) is 11.3 Å². The molecule has 0 radical (unpaired) electrons. The summed E-state index contributed by atoms with van der Waals surface area (Å²) in [6.45, 7) is 3.37. The summed E-state index contributed by atoms with van der Waals surface area (Å²) >= 11 is 3.46. The number of hydrogen-bond donors (Lipinski definition) is 3. The Morgan fingerprint density at radius 2 is 1.70 bits per heavy atom. The number of likely N-dealkylation sites (N-methyl/N-ethyl adjacent to an activating group) is 1. The molecule has 0 atom stereocenters. The van der Waals surface area contributed by atoms with Crippen molar-refractivity contribution in [3.8, 4) is 0 Å². The molecular formula is C26H25BrN4O2. The number of fused-ring (bicyclic) bond motifs is 1. The molecule has 6 nitrogen and oxygen atoms in total. The number of hydrogen-bond acceptors (Lipinski definition) is 4. The first-order valence-corrected chi connectivity index (χ1v) is 11.3. The average molecular weight is 505 g/mol. The molecule has 0 saturated carbocycles. The molecule has 3 aromatic carbocycles. The summed E-state index contributed by atoms with van der Waals surface area (Å²) in [5.41, 5.74) is 10.3. The summed E-state index contributed by atoms with van der Waals surface area (Å²) in [5.74, 6) is -0.345. The second-order valence-corrected chi connectivity index (χ2v) is 9.43. The Balaban J connectivity index is 1.73. The zero-order chi connectivity index (χ0) is 23.8. The van der Waals surface area contributed by atoms with E-state index in [0.717, 1.165) is 32.7 Å². The molecule has 0 fully saturated rings. The van der Waals surface area contributed by atoms with Crippen LogP contribution in [0.2, 0.25) is 0 Å². The third kappa shape index (κ3) is 4.69. The predicted molar refractivity (Wildman–Crippen MR) is 138 cm³/mol. The molecule has 0 bridgehead atoms. The number of nitrogens with two attached hydrogens (primary N) is 1. The Labute approximate surface area is 201 Å². The molecule has 0 spiro atoms. The van der Waals surface area contributed by atoms with Crippen molar-refractivity contribution in [3.05, 3.63) is 88.4 Å². The van der Waals surface area contributed by atoms with Crippen molar-refractivity contribution in [1.82, 2.24) is 0 Å². The lowest BCUT2D eigenvalue weighted by Crippen LogP contribution is -2.49. The monoisotopic (exact) mass is 504 g/mol. The van der Waals surface area contributed by atoms with Gasteiger partial charge in [-0.2, -0.15) is 0 Å². The minimum atomic E-state index is -0.964. The first kappa shape index (κ1) is 22.8. The van der Waals surface area contributed by atoms with E-state index in [4.69, 9.17) is 5.73 Å². The zero-order valence-electron chi connectivity index (χ0n) is 18.6. The summed E-state index contributed by atoms with van der Waals surface area (Å²) < 4.78 is 0.895. The molecule has 0 aromatic heterocycles. The lowest BCUT2D eigenvalue weighted by atomic mass is 10.00. The minimum Gasteiger partial charge on any atom is -0.354 e. The van der Waals surface area contributed by atoms with E-state index in [2.05, 4.69) is 26.6 Å². The summed E-state index contributed by atoms with van der Waals surface area (Å²) in [6, 6.07) is 22.9. The van der Waals surface area contributed by atoms with Crippen LogP contribution in [0.1, 0.15) is 25.0 Å². The van der Waals surface area contributed by atoms with Crippen LogP contribution in [0.4, 0.5) is 17.1 Å². The smallest absolute Gasteiger partial charge is 0.258 e. The van der Waals surface area contributed by atoms with Crippen molar-refractivity contribution < 1.29 is 9.59 Å². The summed E-state index contributed by atoms with van der Waals surface area (Å²) in [7, 11) is 1.70. The Morgan fingerprint density at radius 3 is 2.33 bits per heavy atom. The molecule has 0 saturated heterocycles. The van der Waals surface area contributed by atoms with Gasteiger partial charge in [0.15, 0.2) is 0 Å². The Morgan fingerprint density at radius 1 is 1.03 bits per heavy atom. The van der Waals surface area contributed by atoms with Crippen LogP contribution in [0, 0.1) is 0 Å². The van der Waals surface area contributed by atoms with E-state index in [0.29, 0.717) is 11.3 Å². The van der Waals surface area contributed by atoms with Crippen molar-refractivity contribution >= 4 is 56.1 Å². The van der Waals surface area contributed by atoms with Crippen LogP contribution < -0.4 is 21.3 Å². The van der Waals surface area contributed by atoms with Gasteiger partial charge in [0, 0.05) is 28.5 Å². The average Bonchev–Trinajstić information content (AvgIpc) is 3.11. The first-order valence-electron chi connectivity index (χ1n) is 10.5. The topological polar surface area (TPSA) is 87.5 Å². The third-order valence-corrected chi connectivity index (χ3v) is 5.91. The second-order valence-electron chi connectivity index (χ2n) is 8.52. The molecule has 168 valence electrons. The normalized spacial score (nSPS) is 14.4. The molecule has 4 rings (SSSR count). The number of amides is 2. The van der Waals surface area contributed by atoms with E-state index in [1.807, 2.05) is 72.8 Å². The van der Waals surface area contributed by atoms with Gasteiger partial charge in [0.05, 0.1) is 22.5 Å². The van der Waals surface area contributed by atoms with Gasteiger partial charge in [-0.05, 0) is 55.8 Å². The van der Waals surface area contributed by atoms with Crippen LogP contribution in [-0.2, 0) is 9.59 Å². The van der Waals surface area contributed by atoms with Crippen LogP contribution in [0.15, 0.2) is 77.3 Å². The van der Waals surface area contributed by atoms with Gasteiger partial charge in [-0.1, -0.05) is 52.3 Å². The van der Waals surface area contributed by atoms with E-state index in [-0.39, 0.29) is 11.8 Å². The maximum Gasteiger partial charge on any atom is 0.258 e. The van der Waals surface area contributed by atoms with E-state index in [1.165, 1.54) is 0 Å². The van der Waals surface area contributed by atoms with Gasteiger partial charge in [-0.15, -0.1) is 0 Å². The highest BCUT2D eigenvalue weighted by Crippen LogP contribution is 2.38. The molecule has 2 amide bonds. The molecule has 1 aliphatic rings. The van der Waals surface area contributed by atoms with Crippen LogP contribution in [0.5, 0.6) is 0 Å². The fourth-order valence-corrected chi connectivity index (χ4v) is 4.10. The number of nitrogens with one attached hydrogen (secondary N) is 2. The molecule has 1 heterocycles. The number of carbonyl (C=O) groups excluding carboxylic acids is 2. The second kappa shape index (κ2) is 8.84. The predicted octanol–water partition coefficient (Wildman–Crippen LogP) is 5.08. The van der Waals surface area contributed by atoms with Gasteiger partial charge < -0.3 is 21.3 Å². The van der Waals surface area contributed by atoms with Gasteiger partial charge in [-0.3, -0.25) is 9.59 Å². The van der Waals surface area contributed by atoms with Gasteiger partial charge in [0.2, 0.25) is 5.91 Å². The van der Waals surface area contributed by atoms with Crippen LogP contribution >= 0.6 is 15.9 Å². The molecule has 3 aromatic rings. The van der Waals surface area contributed by atoms with Crippen LogP contribution in [-0.4, -0.2) is 24.4 Å². The molecule has 0 unspecified atom stereocenters. The van der Waals surface area contributed by atoms with Gasteiger partial charge in [0.25, 0.3) is 5.91 Å². The number of nitrogens with zero attached hydrogens (tertiary/aromatic N) is 1. The lowest BCUT2D eigenvalue weighted by Gasteiger charge is -2.26. The van der Waals surface area contributed by atoms with Gasteiger partial charge >= 0.3 is 0 Å². The largest absolute Gasteiger partial charge is 0.354 e. The number of carbonyl (C=O) groups is 2. The Hall–Kier alpha value is -3.42. The van der Waals surface area contributed by atoms with Gasteiger partial charge in [-0.25, -0.2) is 0 Å². The van der Waals surface area contributed by atoms with E-state index in [9.17, 15) is 9.59 Å². The number of benzene rings is 3. The van der Waals surface area contributed by atoms with E-state index < -0.39 is 5.54 Å². The molecule has 1 aliphatic heterocycles. The first-order chi connectivity index (χ1) is 15.6. The molecule has 7 heteroatoms. The highest BCUT2D eigenvalue weighted by molar-refractivity contribution is 9.10. The van der Waals surface area contributed by atoms with Crippen molar-refractivity contribution in [2.75, 3.05) is 22.6 Å². The Bertz CT molecular complexity index is 1250. The van der Waals surface area contributed by atoms with Crippen LogP contribution in [0.3, 0.4) is 0 Å². The quantitative estimate of drug-likeness (QED) is 0.422. The zero-order valence-corrected chi connectivity index (χ0v) is 20.2. The lowest BCUT2D eigenvalue weighted by molar-refractivity contribution is -0.122. The molecular weight excluding hydrogens is 480 g/mol. The standard InChI is InChI=1S/C26H25BrN4O2/c1-26(2,28)25(33)31(3)19-12-10-18(11-13-19)29-23(16-7-5-4-6-8-16)22-20-14-9-17(27)15-21(20)30-24(22)32/h4-15,29H,28H2,1-3H3,(H,30,32)/b23-22-. The SMILES string of the molecule is CN(C(=O)C(C)(C)N)c1ccc(N/C(=C2\C(=O)Nc3cc(Br)ccc32)c2ccccc2)cc1. The number of halogens is 1. The molecule has 33 heavy (non-hydrogen) atoms. The summed E-state index contributed by atoms with van der Waals surface area (Å²) in [4.78, 5) is 27.0. The van der Waals surface area contributed by atoms with Crippen molar-refractivity contribution in [2.45, 2.75) is 19.4 Å². The third-order valence-electron chi connectivity index (χ3n) is 5.42. The number of anilines is 3. The van der Waals surface area contributed by atoms with Crippen molar-refractivity contribution in [1.29, 1.82) is 0 Å².